The van der Waals surface area contributed by atoms with Crippen molar-refractivity contribution in [3.63, 3.8) is 0 Å². The highest BCUT2D eigenvalue weighted by Crippen LogP contribution is 2.17. The minimum Gasteiger partial charge on any atom is -0.379 e. The number of hydrogen-bond donors (Lipinski definition) is 2. The molecule has 1 heterocycles. The van der Waals surface area contributed by atoms with Crippen LogP contribution in [0.4, 0.5) is 11.4 Å². The largest absolute Gasteiger partial charge is 0.379 e. The summed E-state index contributed by atoms with van der Waals surface area (Å²) in [6, 6.07) is 11.4. The van der Waals surface area contributed by atoms with Gasteiger partial charge in [0.15, 0.2) is 0 Å². The third-order valence-corrected chi connectivity index (χ3v) is 3.16. The lowest BCUT2D eigenvalue weighted by atomic mass is 10.1. The van der Waals surface area contributed by atoms with Gasteiger partial charge in [-0.1, -0.05) is 25.1 Å². The highest BCUT2D eigenvalue weighted by molar-refractivity contribution is 6.03. The number of rotatable bonds is 4. The topological polar surface area (TPSA) is 54.0 Å². The number of anilines is 2. The number of pyridine rings is 1. The van der Waals surface area contributed by atoms with Crippen LogP contribution in [0.5, 0.6) is 0 Å². The van der Waals surface area contributed by atoms with Gasteiger partial charge in [0.2, 0.25) is 0 Å². The fourth-order valence-electron chi connectivity index (χ4n) is 2.17. The number of aromatic nitrogens is 1. The Morgan fingerprint density at radius 1 is 1.14 bits per heavy atom. The van der Waals surface area contributed by atoms with Crippen LogP contribution in [-0.2, 0) is 6.42 Å². The molecule has 116 valence electrons. The van der Waals surface area contributed by atoms with Crippen molar-refractivity contribution < 1.29 is 4.79 Å². The van der Waals surface area contributed by atoms with Crippen LogP contribution in [0.1, 0.15) is 43.7 Å². The Balaban J connectivity index is 2.10. The van der Waals surface area contributed by atoms with Crippen molar-refractivity contribution in [3.05, 3.63) is 53.9 Å². The first-order valence-electron chi connectivity index (χ1n) is 7.52. The Morgan fingerprint density at radius 2 is 1.86 bits per heavy atom. The summed E-state index contributed by atoms with van der Waals surface area (Å²) >= 11 is 0. The van der Waals surface area contributed by atoms with E-state index in [-0.39, 0.29) is 11.4 Å². The predicted octanol–water partition coefficient (Wildman–Crippen LogP) is 4.11. The lowest BCUT2D eigenvalue weighted by molar-refractivity contribution is 0.102. The van der Waals surface area contributed by atoms with E-state index in [0.717, 1.165) is 23.4 Å². The number of nitrogens with zero attached hydrogens (tertiary/aromatic N) is 1. The molecule has 4 nitrogen and oxygen atoms in total. The fourth-order valence-corrected chi connectivity index (χ4v) is 2.17. The van der Waals surface area contributed by atoms with Gasteiger partial charge in [-0.05, 0) is 51.0 Å². The van der Waals surface area contributed by atoms with Crippen LogP contribution in [0, 0.1) is 0 Å². The molecule has 1 aromatic heterocycles. The van der Waals surface area contributed by atoms with E-state index in [2.05, 4.69) is 43.3 Å². The van der Waals surface area contributed by atoms with Crippen LogP contribution >= 0.6 is 0 Å². The molecule has 0 unspecified atom stereocenters. The number of carbonyl (C=O) groups is 1. The lowest BCUT2D eigenvalue weighted by Gasteiger charge is -2.21. The Bertz CT molecular complexity index is 642. The normalized spacial score (nSPS) is 11.1. The van der Waals surface area contributed by atoms with Crippen LogP contribution in [0.15, 0.2) is 42.6 Å². The van der Waals surface area contributed by atoms with Gasteiger partial charge in [-0.15, -0.1) is 0 Å². The fraction of sp³-hybridized carbons (Fsp3) is 0.333. The number of aryl methyl sites for hydroxylation is 1. The van der Waals surface area contributed by atoms with E-state index in [0.29, 0.717) is 5.69 Å². The van der Waals surface area contributed by atoms with Gasteiger partial charge in [-0.2, -0.15) is 0 Å². The van der Waals surface area contributed by atoms with Crippen LogP contribution in [0.3, 0.4) is 0 Å². The molecule has 22 heavy (non-hydrogen) atoms. The van der Waals surface area contributed by atoms with E-state index < -0.39 is 0 Å². The molecule has 0 atom stereocenters. The maximum absolute atomic E-state index is 12.3. The summed E-state index contributed by atoms with van der Waals surface area (Å²) < 4.78 is 0. The molecular formula is C18H23N3O. The maximum atomic E-state index is 12.3. The number of para-hydroxylation sites is 1. The molecule has 0 saturated carbocycles. The predicted molar refractivity (Wildman–Crippen MR) is 91.4 cm³/mol. The summed E-state index contributed by atoms with van der Waals surface area (Å²) in [6.07, 6.45) is 2.56. The van der Waals surface area contributed by atoms with Crippen LogP contribution < -0.4 is 10.6 Å². The van der Waals surface area contributed by atoms with Gasteiger partial charge in [0.25, 0.3) is 5.91 Å². The van der Waals surface area contributed by atoms with Gasteiger partial charge in [-0.25, -0.2) is 4.98 Å². The van der Waals surface area contributed by atoms with E-state index in [1.807, 2.05) is 30.3 Å². The van der Waals surface area contributed by atoms with Crippen molar-refractivity contribution in [2.45, 2.75) is 39.7 Å². The molecule has 0 radical (unpaired) electrons. The van der Waals surface area contributed by atoms with Gasteiger partial charge in [0.05, 0.1) is 11.9 Å². The molecule has 2 aromatic rings. The second-order valence-electron chi connectivity index (χ2n) is 6.27. The smallest absolute Gasteiger partial charge is 0.274 e. The van der Waals surface area contributed by atoms with E-state index in [1.54, 1.807) is 12.3 Å². The molecule has 2 rings (SSSR count). The SMILES string of the molecule is CCc1ccccc1NC(=O)c1ccc(NC(C)(C)C)cn1. The average Bonchev–Trinajstić information content (AvgIpc) is 2.47. The molecule has 0 fully saturated rings. The first-order valence-corrected chi connectivity index (χ1v) is 7.52. The molecule has 0 aliphatic heterocycles. The molecule has 0 bridgehead atoms. The Morgan fingerprint density at radius 3 is 2.45 bits per heavy atom. The second kappa shape index (κ2) is 6.60. The van der Waals surface area contributed by atoms with Crippen LogP contribution in [0.25, 0.3) is 0 Å². The van der Waals surface area contributed by atoms with E-state index in [1.165, 1.54) is 0 Å². The summed E-state index contributed by atoms with van der Waals surface area (Å²) in [6.45, 7) is 8.30. The van der Waals surface area contributed by atoms with Crippen LogP contribution in [-0.4, -0.2) is 16.4 Å². The van der Waals surface area contributed by atoms with Crippen molar-refractivity contribution >= 4 is 17.3 Å². The third-order valence-electron chi connectivity index (χ3n) is 3.16. The lowest BCUT2D eigenvalue weighted by Crippen LogP contribution is -2.26. The molecule has 0 spiro atoms. The summed E-state index contributed by atoms with van der Waals surface area (Å²) in [7, 11) is 0. The second-order valence-corrected chi connectivity index (χ2v) is 6.27. The first kappa shape index (κ1) is 16.0. The first-order chi connectivity index (χ1) is 10.4. The van der Waals surface area contributed by atoms with Crippen molar-refractivity contribution in [1.29, 1.82) is 0 Å². The van der Waals surface area contributed by atoms with Crippen molar-refractivity contribution in [1.82, 2.24) is 4.98 Å². The maximum Gasteiger partial charge on any atom is 0.274 e. The molecular weight excluding hydrogens is 274 g/mol. The molecule has 0 saturated heterocycles. The Hall–Kier alpha value is -2.36. The van der Waals surface area contributed by atoms with Gasteiger partial charge in [0, 0.05) is 11.2 Å². The van der Waals surface area contributed by atoms with Crippen LogP contribution in [0.2, 0.25) is 0 Å². The van der Waals surface area contributed by atoms with E-state index in [4.69, 9.17) is 0 Å². The van der Waals surface area contributed by atoms with Crippen molar-refractivity contribution in [3.8, 4) is 0 Å². The van der Waals surface area contributed by atoms with Crippen molar-refractivity contribution in [2.75, 3.05) is 10.6 Å². The summed E-state index contributed by atoms with van der Waals surface area (Å²) in [5.41, 5.74) is 3.23. The van der Waals surface area contributed by atoms with Gasteiger partial charge in [0.1, 0.15) is 5.69 Å². The third kappa shape index (κ3) is 4.32. The van der Waals surface area contributed by atoms with Gasteiger partial charge < -0.3 is 10.6 Å². The molecule has 1 aromatic carbocycles. The monoisotopic (exact) mass is 297 g/mol. The number of carbonyl (C=O) groups excluding carboxylic acids is 1. The molecule has 4 heteroatoms. The van der Waals surface area contributed by atoms with Crippen molar-refractivity contribution in [2.24, 2.45) is 0 Å². The highest BCUT2D eigenvalue weighted by atomic mass is 16.1. The molecule has 1 amide bonds. The Kier molecular flexibility index (Phi) is 4.81. The molecule has 0 aliphatic rings. The Labute approximate surface area is 132 Å². The quantitative estimate of drug-likeness (QED) is 0.893. The average molecular weight is 297 g/mol. The summed E-state index contributed by atoms with van der Waals surface area (Å²) in [5.74, 6) is -0.191. The minimum absolute atomic E-state index is 0.0362. The zero-order valence-electron chi connectivity index (χ0n) is 13.6. The summed E-state index contributed by atoms with van der Waals surface area (Å²) in [5, 5.41) is 6.24. The van der Waals surface area contributed by atoms with E-state index in [9.17, 15) is 4.79 Å². The highest BCUT2D eigenvalue weighted by Gasteiger charge is 2.12. The zero-order chi connectivity index (χ0) is 16.2. The molecule has 2 N–H and O–H groups in total. The number of amides is 1. The number of nitrogens with one attached hydrogen (secondary N) is 2. The van der Waals surface area contributed by atoms with Gasteiger partial charge >= 0.3 is 0 Å². The summed E-state index contributed by atoms with van der Waals surface area (Å²) in [4.78, 5) is 16.5. The minimum atomic E-state index is -0.191. The van der Waals surface area contributed by atoms with Gasteiger partial charge in [-0.3, -0.25) is 4.79 Å². The number of benzene rings is 1. The standard InChI is InChI=1S/C18H23N3O/c1-5-13-8-6-7-9-15(13)20-17(22)16-11-10-14(12-19-16)21-18(2,3)4/h6-12,21H,5H2,1-4H3,(H,20,22). The molecule has 0 aliphatic carbocycles. The van der Waals surface area contributed by atoms with E-state index >= 15 is 0 Å². The number of hydrogen-bond acceptors (Lipinski definition) is 3. The zero-order valence-corrected chi connectivity index (χ0v) is 13.6.